The first kappa shape index (κ1) is 23.2. The predicted octanol–water partition coefficient (Wildman–Crippen LogP) is 5.12. The SMILES string of the molecule is Cc1ccc(CN2C(=O)CSc3c(c4ccccc4n3C)[C@@H]2C(=O)NCc2ccc(F)cc2)cc1. The average Bonchev–Trinajstić information content (AvgIpc) is 3.05. The lowest BCUT2D eigenvalue weighted by Gasteiger charge is -2.30. The second kappa shape index (κ2) is 9.58. The zero-order chi connectivity index (χ0) is 24.5. The highest BCUT2D eigenvalue weighted by Gasteiger charge is 2.38. The summed E-state index contributed by atoms with van der Waals surface area (Å²) in [6, 6.07) is 21.3. The molecule has 0 aliphatic carbocycles. The highest BCUT2D eigenvalue weighted by atomic mass is 32.2. The molecule has 0 radical (unpaired) electrons. The second-order valence-electron chi connectivity index (χ2n) is 8.84. The number of thioether (sulfide) groups is 1. The van der Waals surface area contributed by atoms with E-state index in [1.165, 1.54) is 23.9 Å². The van der Waals surface area contributed by atoms with Gasteiger partial charge in [0, 0.05) is 36.6 Å². The topological polar surface area (TPSA) is 54.3 Å². The summed E-state index contributed by atoms with van der Waals surface area (Å²) in [6.45, 7) is 2.60. The molecule has 1 aliphatic rings. The Hall–Kier alpha value is -3.58. The van der Waals surface area contributed by atoms with Crippen LogP contribution in [0.25, 0.3) is 10.9 Å². The molecule has 178 valence electrons. The zero-order valence-electron chi connectivity index (χ0n) is 19.6. The molecule has 35 heavy (non-hydrogen) atoms. The van der Waals surface area contributed by atoms with Crippen molar-refractivity contribution in [2.24, 2.45) is 7.05 Å². The van der Waals surface area contributed by atoms with Gasteiger partial charge in [-0.25, -0.2) is 4.39 Å². The van der Waals surface area contributed by atoms with E-state index in [2.05, 4.69) is 9.88 Å². The van der Waals surface area contributed by atoms with Crippen molar-refractivity contribution in [1.29, 1.82) is 0 Å². The van der Waals surface area contributed by atoms with E-state index in [-0.39, 0.29) is 29.9 Å². The van der Waals surface area contributed by atoms with E-state index in [4.69, 9.17) is 0 Å². The Bertz CT molecular complexity index is 1400. The zero-order valence-corrected chi connectivity index (χ0v) is 20.4. The lowest BCUT2D eigenvalue weighted by atomic mass is 10.0. The van der Waals surface area contributed by atoms with Crippen LogP contribution < -0.4 is 5.32 Å². The van der Waals surface area contributed by atoms with Crippen LogP contribution in [0, 0.1) is 12.7 Å². The molecule has 0 unspecified atom stereocenters. The van der Waals surface area contributed by atoms with E-state index >= 15 is 0 Å². The molecular weight excluding hydrogens is 461 g/mol. The summed E-state index contributed by atoms with van der Waals surface area (Å²) >= 11 is 1.47. The Labute approximate surface area is 207 Å². The summed E-state index contributed by atoms with van der Waals surface area (Å²) in [4.78, 5) is 28.9. The third-order valence-corrected chi connectivity index (χ3v) is 7.59. The Morgan fingerprint density at radius 3 is 2.46 bits per heavy atom. The van der Waals surface area contributed by atoms with Crippen molar-refractivity contribution in [1.82, 2.24) is 14.8 Å². The number of carbonyl (C=O) groups is 2. The van der Waals surface area contributed by atoms with E-state index in [9.17, 15) is 14.0 Å². The van der Waals surface area contributed by atoms with Gasteiger partial charge in [0.05, 0.1) is 10.8 Å². The predicted molar refractivity (Wildman–Crippen MR) is 136 cm³/mol. The molecule has 0 fully saturated rings. The number of carbonyl (C=O) groups excluding carboxylic acids is 2. The maximum atomic E-state index is 13.8. The number of halogens is 1. The Balaban J connectivity index is 1.57. The highest BCUT2D eigenvalue weighted by molar-refractivity contribution is 8.00. The van der Waals surface area contributed by atoms with E-state index in [0.29, 0.717) is 6.54 Å². The van der Waals surface area contributed by atoms with Crippen molar-refractivity contribution in [3.05, 3.63) is 101 Å². The van der Waals surface area contributed by atoms with Crippen LogP contribution in [-0.4, -0.2) is 27.0 Å². The molecule has 2 heterocycles. The molecule has 2 amide bonds. The Morgan fingerprint density at radius 1 is 1.03 bits per heavy atom. The van der Waals surface area contributed by atoms with Gasteiger partial charge >= 0.3 is 0 Å². The number of fused-ring (bicyclic) bond motifs is 3. The molecule has 5 nitrogen and oxygen atoms in total. The Morgan fingerprint density at radius 2 is 1.71 bits per heavy atom. The quantitative estimate of drug-likeness (QED) is 0.425. The van der Waals surface area contributed by atoms with Crippen molar-refractivity contribution in [3.63, 3.8) is 0 Å². The van der Waals surface area contributed by atoms with Crippen molar-refractivity contribution < 1.29 is 14.0 Å². The number of benzene rings is 3. The van der Waals surface area contributed by atoms with Gasteiger partial charge in [-0.2, -0.15) is 0 Å². The van der Waals surface area contributed by atoms with E-state index in [1.807, 2.05) is 62.5 Å². The lowest BCUT2D eigenvalue weighted by Crippen LogP contribution is -2.43. The number of amides is 2. The molecule has 1 aliphatic heterocycles. The van der Waals surface area contributed by atoms with Gasteiger partial charge < -0.3 is 14.8 Å². The number of hydrogen-bond acceptors (Lipinski definition) is 3. The third-order valence-electron chi connectivity index (χ3n) is 6.43. The molecule has 7 heteroatoms. The van der Waals surface area contributed by atoms with Gasteiger partial charge in [0.2, 0.25) is 11.8 Å². The molecule has 5 rings (SSSR count). The van der Waals surface area contributed by atoms with E-state index in [0.717, 1.165) is 38.2 Å². The standard InChI is InChI=1S/C28H26FN3O2S/c1-18-7-9-20(10-8-18)16-32-24(33)17-35-28-25(22-5-3-4-6-23(22)31(28)2)26(32)27(34)30-15-19-11-13-21(29)14-12-19/h3-14,26H,15-17H2,1-2H3,(H,30,34)/t26-/m1/s1. The van der Waals surface area contributed by atoms with Crippen molar-refractivity contribution in [3.8, 4) is 0 Å². The first-order chi connectivity index (χ1) is 16.9. The first-order valence-corrected chi connectivity index (χ1v) is 12.5. The van der Waals surface area contributed by atoms with Crippen LogP contribution in [0.3, 0.4) is 0 Å². The number of aryl methyl sites for hydroxylation is 2. The number of aromatic nitrogens is 1. The average molecular weight is 488 g/mol. The normalized spacial score (nSPS) is 15.7. The third kappa shape index (κ3) is 4.56. The lowest BCUT2D eigenvalue weighted by molar-refractivity contribution is -0.139. The Kier molecular flexibility index (Phi) is 6.34. The summed E-state index contributed by atoms with van der Waals surface area (Å²) in [7, 11) is 1.97. The van der Waals surface area contributed by atoms with E-state index in [1.54, 1.807) is 17.0 Å². The van der Waals surface area contributed by atoms with Gasteiger partial charge in [0.1, 0.15) is 11.9 Å². The minimum absolute atomic E-state index is 0.0854. The summed E-state index contributed by atoms with van der Waals surface area (Å²) in [5.74, 6) is -0.408. The van der Waals surface area contributed by atoms with Crippen LogP contribution in [0.1, 0.15) is 28.3 Å². The second-order valence-corrected chi connectivity index (χ2v) is 9.80. The van der Waals surface area contributed by atoms with Crippen LogP contribution in [0.5, 0.6) is 0 Å². The number of hydrogen-bond donors (Lipinski definition) is 1. The van der Waals surface area contributed by atoms with Crippen LogP contribution in [0.2, 0.25) is 0 Å². The highest BCUT2D eigenvalue weighted by Crippen LogP contribution is 2.42. The van der Waals surface area contributed by atoms with Gasteiger partial charge in [0.15, 0.2) is 0 Å². The minimum atomic E-state index is -0.791. The van der Waals surface area contributed by atoms with Gasteiger partial charge in [-0.1, -0.05) is 71.9 Å². The van der Waals surface area contributed by atoms with Crippen LogP contribution >= 0.6 is 11.8 Å². The molecular formula is C28H26FN3O2S. The smallest absolute Gasteiger partial charge is 0.247 e. The summed E-state index contributed by atoms with van der Waals surface area (Å²) in [5.41, 5.74) is 4.76. The maximum Gasteiger partial charge on any atom is 0.247 e. The molecule has 0 saturated carbocycles. The van der Waals surface area contributed by atoms with Gasteiger partial charge in [-0.05, 0) is 36.2 Å². The van der Waals surface area contributed by atoms with Crippen molar-refractivity contribution >= 4 is 34.5 Å². The van der Waals surface area contributed by atoms with Crippen LogP contribution in [0.4, 0.5) is 4.39 Å². The van der Waals surface area contributed by atoms with Gasteiger partial charge in [-0.15, -0.1) is 0 Å². The van der Waals surface area contributed by atoms with E-state index < -0.39 is 6.04 Å². The summed E-state index contributed by atoms with van der Waals surface area (Å²) in [6.07, 6.45) is 0. The molecule has 0 spiro atoms. The van der Waals surface area contributed by atoms with Crippen molar-refractivity contribution in [2.45, 2.75) is 31.1 Å². The molecule has 3 aromatic carbocycles. The minimum Gasteiger partial charge on any atom is -0.350 e. The molecule has 4 aromatic rings. The van der Waals surface area contributed by atoms with Gasteiger partial charge in [-0.3, -0.25) is 9.59 Å². The van der Waals surface area contributed by atoms with Crippen molar-refractivity contribution in [2.75, 3.05) is 5.75 Å². The molecule has 1 aromatic heterocycles. The number of para-hydroxylation sites is 1. The van der Waals surface area contributed by atoms with Crippen LogP contribution in [0.15, 0.2) is 77.8 Å². The fourth-order valence-corrected chi connectivity index (χ4v) is 5.68. The molecule has 0 bridgehead atoms. The monoisotopic (exact) mass is 487 g/mol. The maximum absolute atomic E-state index is 13.8. The fraction of sp³-hybridized carbons (Fsp3) is 0.214. The number of rotatable bonds is 5. The number of nitrogens with zero attached hydrogens (tertiary/aromatic N) is 2. The largest absolute Gasteiger partial charge is 0.350 e. The summed E-state index contributed by atoms with van der Waals surface area (Å²) < 4.78 is 15.4. The fourth-order valence-electron chi connectivity index (χ4n) is 4.58. The number of nitrogens with one attached hydrogen (secondary N) is 1. The first-order valence-electron chi connectivity index (χ1n) is 11.5. The molecule has 0 saturated heterocycles. The molecule has 1 atom stereocenters. The van der Waals surface area contributed by atoms with Crippen LogP contribution in [-0.2, 0) is 29.7 Å². The molecule has 1 N–H and O–H groups in total. The summed E-state index contributed by atoms with van der Waals surface area (Å²) in [5, 5.41) is 4.89. The van der Waals surface area contributed by atoms with Gasteiger partial charge in [0.25, 0.3) is 0 Å².